The lowest BCUT2D eigenvalue weighted by Crippen LogP contribution is -2.50. The molecular weight excluding hydrogens is 260 g/mol. The second-order valence-corrected chi connectivity index (χ2v) is 6.54. The highest BCUT2D eigenvalue weighted by Crippen LogP contribution is 2.16. The molecule has 4 nitrogen and oxygen atoms in total. The lowest BCUT2D eigenvalue weighted by atomic mass is 9.95. The monoisotopic (exact) mass is 280 g/mol. The van der Waals surface area contributed by atoms with Gasteiger partial charge >= 0.3 is 0 Å². The fourth-order valence-corrected chi connectivity index (χ4v) is 3.16. The fourth-order valence-electron chi connectivity index (χ4n) is 2.38. The highest BCUT2D eigenvalue weighted by molar-refractivity contribution is 7.84. The number of carbonyl (C=O) groups excluding carboxylic acids is 1. The van der Waals surface area contributed by atoms with Crippen molar-refractivity contribution in [2.45, 2.75) is 32.0 Å². The summed E-state index contributed by atoms with van der Waals surface area (Å²) in [5.74, 6) is 0.488. The van der Waals surface area contributed by atoms with Gasteiger partial charge in [0.15, 0.2) is 0 Å². The summed E-state index contributed by atoms with van der Waals surface area (Å²) in [6.45, 7) is 2.61. The summed E-state index contributed by atoms with van der Waals surface area (Å²) < 4.78 is 11.1. The van der Waals surface area contributed by atoms with Crippen LogP contribution in [-0.2, 0) is 28.6 Å². The maximum absolute atomic E-state index is 12.1. The predicted molar refractivity (Wildman–Crippen MR) is 77.3 cm³/mol. The molecule has 19 heavy (non-hydrogen) atoms. The molecule has 0 radical (unpaired) electrons. The molecule has 0 aromatic heterocycles. The second-order valence-electron chi connectivity index (χ2n) is 5.06. The van der Waals surface area contributed by atoms with Gasteiger partial charge in [-0.1, -0.05) is 24.3 Å². The number of amides is 1. The van der Waals surface area contributed by atoms with E-state index in [9.17, 15) is 9.00 Å². The third-order valence-electron chi connectivity index (χ3n) is 3.27. The number of hydrogen-bond acceptors (Lipinski definition) is 3. The first kappa shape index (κ1) is 14.2. The van der Waals surface area contributed by atoms with Gasteiger partial charge in [0.25, 0.3) is 0 Å². The number of fused-ring (bicyclic) bond motifs is 1. The molecule has 5 heteroatoms. The zero-order valence-electron chi connectivity index (χ0n) is 11.3. The first-order chi connectivity index (χ1) is 9.06. The van der Waals surface area contributed by atoms with E-state index in [-0.39, 0.29) is 18.0 Å². The Morgan fingerprint density at radius 2 is 2.16 bits per heavy atom. The van der Waals surface area contributed by atoms with Gasteiger partial charge in [-0.15, -0.1) is 0 Å². The predicted octanol–water partition coefficient (Wildman–Crippen LogP) is 0.584. The summed E-state index contributed by atoms with van der Waals surface area (Å²) in [7, 11) is -0.888. The van der Waals surface area contributed by atoms with Crippen molar-refractivity contribution in [3.63, 3.8) is 0 Å². The molecule has 0 fully saturated rings. The summed E-state index contributed by atoms with van der Waals surface area (Å²) >= 11 is 0. The van der Waals surface area contributed by atoms with Gasteiger partial charge in [-0.25, -0.2) is 0 Å². The van der Waals surface area contributed by atoms with Crippen LogP contribution < -0.4 is 10.6 Å². The van der Waals surface area contributed by atoms with Gasteiger partial charge in [-0.2, -0.15) is 0 Å². The number of benzene rings is 1. The van der Waals surface area contributed by atoms with E-state index in [1.54, 1.807) is 6.26 Å². The summed E-state index contributed by atoms with van der Waals surface area (Å²) in [6.07, 6.45) is 2.36. The van der Waals surface area contributed by atoms with Crippen LogP contribution in [0.25, 0.3) is 0 Å². The Morgan fingerprint density at radius 3 is 2.84 bits per heavy atom. The van der Waals surface area contributed by atoms with Crippen molar-refractivity contribution in [2.75, 3.05) is 12.0 Å². The van der Waals surface area contributed by atoms with E-state index in [0.29, 0.717) is 12.2 Å². The smallest absolute Gasteiger partial charge is 0.237 e. The molecule has 0 spiro atoms. The maximum atomic E-state index is 12.1. The van der Waals surface area contributed by atoms with Crippen LogP contribution in [0.5, 0.6) is 0 Å². The Kier molecular flexibility index (Phi) is 4.71. The molecule has 1 amide bonds. The minimum Gasteiger partial charge on any atom is -0.351 e. The topological polar surface area (TPSA) is 58.2 Å². The highest BCUT2D eigenvalue weighted by atomic mass is 32.2. The van der Waals surface area contributed by atoms with E-state index in [0.717, 1.165) is 6.54 Å². The fraction of sp³-hybridized carbons (Fsp3) is 0.500. The first-order valence-corrected chi connectivity index (χ1v) is 8.19. The maximum Gasteiger partial charge on any atom is 0.237 e. The first-order valence-electron chi connectivity index (χ1n) is 6.47. The molecule has 2 rings (SSSR count). The van der Waals surface area contributed by atoms with Crippen LogP contribution in [-0.4, -0.2) is 34.2 Å². The molecule has 1 aliphatic heterocycles. The summed E-state index contributed by atoms with van der Waals surface area (Å²) in [4.78, 5) is 12.1. The Balaban J connectivity index is 1.93. The lowest BCUT2D eigenvalue weighted by molar-refractivity contribution is -0.123. The summed E-state index contributed by atoms with van der Waals surface area (Å²) in [6, 6.07) is 7.92. The Hall–Kier alpha value is -1.20. The van der Waals surface area contributed by atoms with Gasteiger partial charge in [0, 0.05) is 35.4 Å². The van der Waals surface area contributed by atoms with E-state index >= 15 is 0 Å². The van der Waals surface area contributed by atoms with Crippen LogP contribution in [0.3, 0.4) is 0 Å². The van der Waals surface area contributed by atoms with Gasteiger partial charge in [-0.3, -0.25) is 9.00 Å². The van der Waals surface area contributed by atoms with E-state index < -0.39 is 10.8 Å². The van der Waals surface area contributed by atoms with Gasteiger partial charge in [0.2, 0.25) is 5.91 Å². The molecular formula is C14H20N2O2S. The van der Waals surface area contributed by atoms with Gasteiger partial charge in [-0.05, 0) is 24.5 Å². The van der Waals surface area contributed by atoms with Crippen molar-refractivity contribution in [1.29, 1.82) is 0 Å². The zero-order valence-corrected chi connectivity index (χ0v) is 12.1. The highest BCUT2D eigenvalue weighted by Gasteiger charge is 2.24. The lowest BCUT2D eigenvalue weighted by Gasteiger charge is -2.26. The van der Waals surface area contributed by atoms with Crippen LogP contribution in [0.15, 0.2) is 24.3 Å². The molecule has 2 unspecified atom stereocenters. The van der Waals surface area contributed by atoms with Gasteiger partial charge < -0.3 is 10.6 Å². The van der Waals surface area contributed by atoms with Crippen molar-refractivity contribution in [1.82, 2.24) is 10.6 Å². The molecule has 3 atom stereocenters. The van der Waals surface area contributed by atoms with Crippen LogP contribution in [0.4, 0.5) is 0 Å². The van der Waals surface area contributed by atoms with Crippen molar-refractivity contribution in [2.24, 2.45) is 0 Å². The third kappa shape index (κ3) is 3.88. The summed E-state index contributed by atoms with van der Waals surface area (Å²) in [5.41, 5.74) is 2.49. The Bertz CT molecular complexity index is 490. The molecule has 104 valence electrons. The summed E-state index contributed by atoms with van der Waals surface area (Å²) in [5, 5.41) is 6.16. The Labute approximate surface area is 116 Å². The molecule has 1 aromatic carbocycles. The number of nitrogens with one attached hydrogen (secondary N) is 2. The van der Waals surface area contributed by atoms with E-state index in [1.165, 1.54) is 11.1 Å². The van der Waals surface area contributed by atoms with E-state index in [1.807, 2.05) is 19.1 Å². The second kappa shape index (κ2) is 6.30. The minimum atomic E-state index is -0.888. The van der Waals surface area contributed by atoms with Crippen molar-refractivity contribution >= 4 is 16.7 Å². The van der Waals surface area contributed by atoms with Crippen LogP contribution in [0, 0.1) is 0 Å². The largest absolute Gasteiger partial charge is 0.351 e. The zero-order chi connectivity index (χ0) is 13.8. The normalized spacial score (nSPS) is 21.3. The van der Waals surface area contributed by atoms with Crippen molar-refractivity contribution in [3.05, 3.63) is 35.4 Å². The van der Waals surface area contributed by atoms with Gasteiger partial charge in [0.1, 0.15) is 0 Å². The average molecular weight is 280 g/mol. The molecule has 1 heterocycles. The van der Waals surface area contributed by atoms with E-state index in [4.69, 9.17) is 0 Å². The Morgan fingerprint density at radius 1 is 1.47 bits per heavy atom. The van der Waals surface area contributed by atoms with Crippen molar-refractivity contribution < 1.29 is 9.00 Å². The SMILES string of the molecule is CC(CS(C)=O)NC(=O)[C@H]1Cc2ccccc2CN1. The molecule has 0 saturated carbocycles. The number of carbonyl (C=O) groups is 1. The molecule has 0 bridgehead atoms. The minimum absolute atomic E-state index is 0.00699. The molecule has 0 saturated heterocycles. The van der Waals surface area contributed by atoms with Gasteiger partial charge in [0.05, 0.1) is 6.04 Å². The van der Waals surface area contributed by atoms with Crippen LogP contribution in [0.1, 0.15) is 18.1 Å². The molecule has 2 N–H and O–H groups in total. The van der Waals surface area contributed by atoms with E-state index in [2.05, 4.69) is 22.8 Å². The third-order valence-corrected chi connectivity index (χ3v) is 4.24. The molecule has 1 aromatic rings. The number of hydrogen-bond donors (Lipinski definition) is 2. The standard InChI is InChI=1S/C14H20N2O2S/c1-10(9-19(2)18)16-14(17)13-7-11-5-3-4-6-12(11)8-15-13/h3-6,10,13,15H,7-9H2,1-2H3,(H,16,17)/t10?,13-,19?/m1/s1. The molecule has 1 aliphatic rings. The number of rotatable bonds is 4. The van der Waals surface area contributed by atoms with Crippen molar-refractivity contribution in [3.8, 4) is 0 Å². The molecule has 0 aliphatic carbocycles. The van der Waals surface area contributed by atoms with Crippen LogP contribution in [0.2, 0.25) is 0 Å². The van der Waals surface area contributed by atoms with Crippen LogP contribution >= 0.6 is 0 Å². The average Bonchev–Trinajstić information content (AvgIpc) is 2.37. The quantitative estimate of drug-likeness (QED) is 0.848.